The highest BCUT2D eigenvalue weighted by Gasteiger charge is 2.19. The molecule has 0 radical (unpaired) electrons. The topological polar surface area (TPSA) is 42.2 Å². The lowest BCUT2D eigenvalue weighted by atomic mass is 10.0. The summed E-state index contributed by atoms with van der Waals surface area (Å²) in [5.41, 5.74) is 2.73. The fraction of sp³-hybridized carbons (Fsp3) is 0.389. The molecule has 0 aliphatic heterocycles. The second-order valence-corrected chi connectivity index (χ2v) is 5.51. The second-order valence-electron chi connectivity index (χ2n) is 5.51. The van der Waals surface area contributed by atoms with Gasteiger partial charge in [0.15, 0.2) is 0 Å². The summed E-state index contributed by atoms with van der Waals surface area (Å²) in [5.74, 6) is -0.560. The first-order valence-corrected chi connectivity index (χ1v) is 7.59. The van der Waals surface area contributed by atoms with Crippen molar-refractivity contribution in [2.45, 2.75) is 45.6 Å². The van der Waals surface area contributed by atoms with E-state index in [9.17, 15) is 9.90 Å². The molecule has 1 unspecified atom stereocenters. The van der Waals surface area contributed by atoms with Gasteiger partial charge in [-0.05, 0) is 36.8 Å². The zero-order valence-electron chi connectivity index (χ0n) is 12.7. The molecule has 112 valence electrons. The Hall–Kier alpha value is -2.03. The van der Waals surface area contributed by atoms with Gasteiger partial charge < -0.3 is 9.67 Å². The van der Waals surface area contributed by atoms with E-state index in [1.54, 1.807) is 6.07 Å². The van der Waals surface area contributed by atoms with Gasteiger partial charge in [-0.1, -0.05) is 44.2 Å². The van der Waals surface area contributed by atoms with Gasteiger partial charge in [0.05, 0.1) is 5.56 Å². The predicted molar refractivity (Wildman–Crippen MR) is 84.9 cm³/mol. The third-order valence-corrected chi connectivity index (χ3v) is 4.02. The number of aromatic carboxylic acids is 1. The number of rotatable bonds is 7. The molecule has 1 atom stereocenters. The smallest absolute Gasteiger partial charge is 0.337 e. The van der Waals surface area contributed by atoms with E-state index in [2.05, 4.69) is 42.7 Å². The summed E-state index contributed by atoms with van der Waals surface area (Å²) in [4.78, 5) is 11.3. The Kier molecular flexibility index (Phi) is 5.20. The number of aryl methyl sites for hydroxylation is 2. The van der Waals surface area contributed by atoms with Crippen LogP contribution in [0.2, 0.25) is 0 Å². The lowest BCUT2D eigenvalue weighted by Crippen LogP contribution is -2.10. The van der Waals surface area contributed by atoms with Crippen molar-refractivity contribution in [3.8, 4) is 0 Å². The van der Waals surface area contributed by atoms with Gasteiger partial charge in [-0.3, -0.25) is 0 Å². The molecule has 1 aromatic carbocycles. The van der Waals surface area contributed by atoms with Gasteiger partial charge in [0.2, 0.25) is 0 Å². The number of nitrogens with zero attached hydrogens (tertiary/aromatic N) is 1. The molecule has 1 aromatic heterocycles. The monoisotopic (exact) mass is 285 g/mol. The Bertz CT molecular complexity index is 587. The molecule has 0 bridgehead atoms. The maximum atomic E-state index is 11.3. The van der Waals surface area contributed by atoms with Crippen molar-refractivity contribution < 1.29 is 9.90 Å². The Morgan fingerprint density at radius 3 is 2.57 bits per heavy atom. The summed E-state index contributed by atoms with van der Waals surface area (Å²) >= 11 is 0. The fourth-order valence-corrected chi connectivity index (χ4v) is 2.70. The molecule has 0 saturated carbocycles. The quantitative estimate of drug-likeness (QED) is 0.822. The van der Waals surface area contributed by atoms with E-state index < -0.39 is 5.97 Å². The Morgan fingerprint density at radius 2 is 1.95 bits per heavy atom. The first-order chi connectivity index (χ1) is 10.1. The minimum Gasteiger partial charge on any atom is -0.478 e. The zero-order valence-corrected chi connectivity index (χ0v) is 12.7. The van der Waals surface area contributed by atoms with Crippen LogP contribution < -0.4 is 0 Å². The first kappa shape index (κ1) is 15.4. The van der Waals surface area contributed by atoms with Crippen LogP contribution in [0.15, 0.2) is 42.6 Å². The van der Waals surface area contributed by atoms with Gasteiger partial charge in [-0.25, -0.2) is 4.79 Å². The number of carboxylic acid groups (broad SMARTS) is 1. The van der Waals surface area contributed by atoms with Gasteiger partial charge in [0.1, 0.15) is 0 Å². The summed E-state index contributed by atoms with van der Waals surface area (Å²) in [7, 11) is 0. The largest absolute Gasteiger partial charge is 0.478 e. The van der Waals surface area contributed by atoms with Crippen molar-refractivity contribution >= 4 is 5.97 Å². The molecule has 2 rings (SSSR count). The van der Waals surface area contributed by atoms with Gasteiger partial charge in [0.25, 0.3) is 0 Å². The van der Waals surface area contributed by atoms with Gasteiger partial charge >= 0.3 is 5.97 Å². The summed E-state index contributed by atoms with van der Waals surface area (Å²) in [6.45, 7) is 5.05. The van der Waals surface area contributed by atoms with E-state index in [4.69, 9.17) is 0 Å². The van der Waals surface area contributed by atoms with Crippen molar-refractivity contribution in [1.29, 1.82) is 0 Å². The summed E-state index contributed by atoms with van der Waals surface area (Å²) in [6.07, 6.45) is 4.89. The highest BCUT2D eigenvalue weighted by Crippen LogP contribution is 2.24. The van der Waals surface area contributed by atoms with Crippen LogP contribution in [0.1, 0.15) is 54.2 Å². The van der Waals surface area contributed by atoms with Crippen LogP contribution in [-0.2, 0) is 13.0 Å². The Morgan fingerprint density at radius 1 is 1.24 bits per heavy atom. The van der Waals surface area contributed by atoms with Crippen LogP contribution in [0.3, 0.4) is 0 Å². The van der Waals surface area contributed by atoms with E-state index in [1.165, 1.54) is 5.56 Å². The van der Waals surface area contributed by atoms with Crippen molar-refractivity contribution in [3.05, 3.63) is 59.4 Å². The lowest BCUT2D eigenvalue weighted by molar-refractivity contribution is 0.0695. The van der Waals surface area contributed by atoms with E-state index in [-0.39, 0.29) is 5.92 Å². The molecule has 0 fully saturated rings. The van der Waals surface area contributed by atoms with E-state index in [0.717, 1.165) is 31.5 Å². The van der Waals surface area contributed by atoms with Crippen LogP contribution in [-0.4, -0.2) is 15.6 Å². The third-order valence-electron chi connectivity index (χ3n) is 4.02. The standard InChI is InChI=1S/C18H23NO2/c1-3-14(2)17-16(18(20)21)11-13-19(17)12-7-10-15-8-5-4-6-9-15/h4-6,8-9,11,13-14H,3,7,10,12H2,1-2H3,(H,20,21). The molecular formula is C18H23NO2. The number of carbonyl (C=O) groups is 1. The highest BCUT2D eigenvalue weighted by atomic mass is 16.4. The molecule has 1 heterocycles. The molecule has 0 aliphatic carbocycles. The molecule has 2 aromatic rings. The summed E-state index contributed by atoms with van der Waals surface area (Å²) in [6, 6.07) is 12.1. The van der Waals surface area contributed by atoms with Crippen LogP contribution in [0, 0.1) is 0 Å². The molecule has 3 heteroatoms. The molecule has 0 aliphatic rings. The highest BCUT2D eigenvalue weighted by molar-refractivity contribution is 5.89. The average molecular weight is 285 g/mol. The predicted octanol–water partition coefficient (Wildman–Crippen LogP) is 4.33. The number of hydrogen-bond acceptors (Lipinski definition) is 1. The van der Waals surface area contributed by atoms with Gasteiger partial charge in [0, 0.05) is 18.4 Å². The number of hydrogen-bond donors (Lipinski definition) is 1. The molecule has 1 N–H and O–H groups in total. The van der Waals surface area contributed by atoms with Gasteiger partial charge in [-0.2, -0.15) is 0 Å². The first-order valence-electron chi connectivity index (χ1n) is 7.59. The van der Waals surface area contributed by atoms with E-state index in [1.807, 2.05) is 12.3 Å². The number of benzene rings is 1. The SMILES string of the molecule is CCC(C)c1c(C(=O)O)ccn1CCCc1ccccc1. The lowest BCUT2D eigenvalue weighted by Gasteiger charge is -2.15. The number of carboxylic acids is 1. The maximum Gasteiger partial charge on any atom is 0.337 e. The minimum absolute atomic E-state index is 0.267. The van der Waals surface area contributed by atoms with Crippen LogP contribution in [0.4, 0.5) is 0 Å². The van der Waals surface area contributed by atoms with Crippen molar-refractivity contribution in [1.82, 2.24) is 4.57 Å². The molecule has 0 saturated heterocycles. The molecule has 0 amide bonds. The fourth-order valence-electron chi connectivity index (χ4n) is 2.70. The van der Waals surface area contributed by atoms with Crippen LogP contribution in [0.25, 0.3) is 0 Å². The van der Waals surface area contributed by atoms with Crippen molar-refractivity contribution in [2.75, 3.05) is 0 Å². The van der Waals surface area contributed by atoms with Crippen molar-refractivity contribution in [2.24, 2.45) is 0 Å². The normalized spacial score (nSPS) is 12.3. The second kappa shape index (κ2) is 7.11. The minimum atomic E-state index is -0.827. The third kappa shape index (κ3) is 3.75. The van der Waals surface area contributed by atoms with Gasteiger partial charge in [-0.15, -0.1) is 0 Å². The van der Waals surface area contributed by atoms with E-state index in [0.29, 0.717) is 5.56 Å². The summed E-state index contributed by atoms with van der Waals surface area (Å²) < 4.78 is 2.11. The Labute approximate surface area is 126 Å². The molecular weight excluding hydrogens is 262 g/mol. The van der Waals surface area contributed by atoms with E-state index >= 15 is 0 Å². The molecule has 21 heavy (non-hydrogen) atoms. The maximum absolute atomic E-state index is 11.3. The van der Waals surface area contributed by atoms with Crippen molar-refractivity contribution in [3.63, 3.8) is 0 Å². The summed E-state index contributed by atoms with van der Waals surface area (Å²) in [5, 5.41) is 9.31. The molecule has 0 spiro atoms. The Balaban J connectivity index is 2.07. The molecule has 3 nitrogen and oxygen atoms in total. The average Bonchev–Trinajstić information content (AvgIpc) is 2.92. The zero-order chi connectivity index (χ0) is 15.2. The van der Waals surface area contributed by atoms with Crippen LogP contribution >= 0.6 is 0 Å². The number of aromatic nitrogens is 1. The van der Waals surface area contributed by atoms with Crippen LogP contribution in [0.5, 0.6) is 0 Å².